The highest BCUT2D eigenvalue weighted by Crippen LogP contribution is 2.27. The van der Waals surface area contributed by atoms with Gasteiger partial charge in [0.15, 0.2) is 5.58 Å². The number of cyclic esters (lactones) is 1. The molecule has 1 saturated heterocycles. The van der Waals surface area contributed by atoms with Crippen molar-refractivity contribution in [3.63, 3.8) is 0 Å². The van der Waals surface area contributed by atoms with Crippen molar-refractivity contribution in [2.45, 2.75) is 20.0 Å². The first kappa shape index (κ1) is 18.7. The van der Waals surface area contributed by atoms with E-state index in [9.17, 15) is 18.8 Å². The second kappa shape index (κ2) is 7.08. The number of hydrogen-bond acceptors (Lipinski definition) is 5. The Morgan fingerprint density at radius 1 is 1.24 bits per heavy atom. The van der Waals surface area contributed by atoms with Crippen LogP contribution in [0.4, 0.5) is 14.9 Å². The van der Waals surface area contributed by atoms with Crippen molar-refractivity contribution in [1.82, 2.24) is 9.88 Å². The summed E-state index contributed by atoms with van der Waals surface area (Å²) in [6, 6.07) is 9.30. The number of oxazole rings is 1. The number of carbonyl (C=O) groups is 2. The fraction of sp³-hybridized carbons (Fsp3) is 0.250. The first-order chi connectivity index (χ1) is 13.8. The Kier molecular flexibility index (Phi) is 4.57. The minimum absolute atomic E-state index is 0.0173. The van der Waals surface area contributed by atoms with E-state index in [4.69, 9.17) is 9.15 Å². The van der Waals surface area contributed by atoms with Crippen LogP contribution in [0.25, 0.3) is 16.8 Å². The standard InChI is InChI=1S/C20H18FN3O5/c1-11-3-5-17-18(7-11)29-20(27)24(17)16-6-4-13(8-15(16)21)23-10-14(28-19(23)26)9-22-12(2)25/h3-8,14H,9-10H2,1-2H3,(H,22,25)/t14-/m0/s1. The molecule has 29 heavy (non-hydrogen) atoms. The third kappa shape index (κ3) is 3.46. The smallest absolute Gasteiger partial charge is 0.424 e. The maximum absolute atomic E-state index is 14.9. The third-order valence-electron chi connectivity index (χ3n) is 4.67. The van der Waals surface area contributed by atoms with Gasteiger partial charge in [0.1, 0.15) is 11.9 Å². The Bertz CT molecular complexity index is 1180. The molecule has 8 nitrogen and oxygen atoms in total. The van der Waals surface area contributed by atoms with Crippen LogP contribution < -0.4 is 16.0 Å². The summed E-state index contributed by atoms with van der Waals surface area (Å²) >= 11 is 0. The van der Waals surface area contributed by atoms with E-state index >= 15 is 0 Å². The Hall–Kier alpha value is -3.62. The van der Waals surface area contributed by atoms with Crippen LogP contribution in [-0.4, -0.2) is 35.8 Å². The molecule has 150 valence electrons. The molecule has 9 heteroatoms. The SMILES string of the molecule is CC(=O)NC[C@H]1CN(c2ccc(-n3c(=O)oc4cc(C)ccc43)c(F)c2)C(=O)O1. The summed E-state index contributed by atoms with van der Waals surface area (Å²) in [6.07, 6.45) is -1.16. The first-order valence-electron chi connectivity index (χ1n) is 8.98. The summed E-state index contributed by atoms with van der Waals surface area (Å²) in [5, 5.41) is 2.58. The molecule has 3 aromatic rings. The molecule has 1 aliphatic heterocycles. The van der Waals surface area contributed by atoms with Gasteiger partial charge in [-0.1, -0.05) is 6.07 Å². The lowest BCUT2D eigenvalue weighted by Crippen LogP contribution is -2.33. The molecule has 2 aromatic carbocycles. The average Bonchev–Trinajstić information content (AvgIpc) is 3.18. The number of nitrogens with one attached hydrogen (secondary N) is 1. The number of aryl methyl sites for hydroxylation is 1. The molecule has 0 unspecified atom stereocenters. The van der Waals surface area contributed by atoms with Crippen molar-refractivity contribution in [3.05, 3.63) is 58.3 Å². The summed E-state index contributed by atoms with van der Waals surface area (Å²) in [5.74, 6) is -1.62. The predicted molar refractivity (Wildman–Crippen MR) is 103 cm³/mol. The van der Waals surface area contributed by atoms with Gasteiger partial charge in [-0.25, -0.2) is 18.5 Å². The largest absolute Gasteiger partial charge is 0.442 e. The lowest BCUT2D eigenvalue weighted by molar-refractivity contribution is -0.119. The second-order valence-corrected chi connectivity index (χ2v) is 6.86. The molecule has 1 aromatic heterocycles. The third-order valence-corrected chi connectivity index (χ3v) is 4.67. The normalized spacial score (nSPS) is 16.3. The van der Waals surface area contributed by atoms with Crippen LogP contribution >= 0.6 is 0 Å². The van der Waals surface area contributed by atoms with Crippen molar-refractivity contribution in [2.24, 2.45) is 0 Å². The van der Waals surface area contributed by atoms with Crippen molar-refractivity contribution in [2.75, 3.05) is 18.0 Å². The van der Waals surface area contributed by atoms with Gasteiger partial charge in [0.2, 0.25) is 5.91 Å². The highest BCUT2D eigenvalue weighted by Gasteiger charge is 2.33. The van der Waals surface area contributed by atoms with Gasteiger partial charge in [-0.05, 0) is 42.8 Å². The van der Waals surface area contributed by atoms with E-state index in [1.54, 1.807) is 18.2 Å². The summed E-state index contributed by atoms with van der Waals surface area (Å²) < 4.78 is 26.5. The molecule has 1 aliphatic rings. The van der Waals surface area contributed by atoms with Gasteiger partial charge in [0, 0.05) is 6.92 Å². The minimum atomic E-state index is -0.701. The van der Waals surface area contributed by atoms with E-state index < -0.39 is 23.8 Å². The quantitative estimate of drug-likeness (QED) is 0.728. The van der Waals surface area contributed by atoms with Crippen LogP contribution in [0.2, 0.25) is 0 Å². The Labute approximate surface area is 164 Å². The molecule has 1 N–H and O–H groups in total. The summed E-state index contributed by atoms with van der Waals surface area (Å²) in [5.41, 5.74) is 2.03. The number of ether oxygens (including phenoxy) is 1. The number of anilines is 1. The van der Waals surface area contributed by atoms with Crippen LogP contribution in [0.5, 0.6) is 0 Å². The number of hydrogen-bond donors (Lipinski definition) is 1. The number of halogens is 1. The summed E-state index contributed by atoms with van der Waals surface area (Å²) in [7, 11) is 0. The molecular weight excluding hydrogens is 381 g/mol. The number of rotatable bonds is 4. The molecule has 2 amide bonds. The molecule has 2 heterocycles. The zero-order chi connectivity index (χ0) is 20.7. The van der Waals surface area contributed by atoms with Crippen LogP contribution in [0.15, 0.2) is 45.6 Å². The van der Waals surface area contributed by atoms with E-state index in [2.05, 4.69) is 5.32 Å². The Balaban J connectivity index is 1.64. The fourth-order valence-corrected chi connectivity index (χ4v) is 3.30. The molecule has 4 rings (SSSR count). The topological polar surface area (TPSA) is 93.8 Å². The van der Waals surface area contributed by atoms with E-state index in [0.717, 1.165) is 16.2 Å². The zero-order valence-corrected chi connectivity index (χ0v) is 15.8. The zero-order valence-electron chi connectivity index (χ0n) is 15.8. The number of aromatic nitrogens is 1. The van der Waals surface area contributed by atoms with Crippen molar-refractivity contribution >= 4 is 28.8 Å². The lowest BCUT2D eigenvalue weighted by atomic mass is 10.2. The number of carbonyl (C=O) groups excluding carboxylic acids is 2. The van der Waals surface area contributed by atoms with Gasteiger partial charge in [0.25, 0.3) is 0 Å². The highest BCUT2D eigenvalue weighted by molar-refractivity contribution is 5.90. The molecule has 0 radical (unpaired) electrons. The summed E-state index contributed by atoms with van der Waals surface area (Å²) in [6.45, 7) is 3.58. The summed E-state index contributed by atoms with van der Waals surface area (Å²) in [4.78, 5) is 36.7. The molecule has 1 fully saturated rings. The predicted octanol–water partition coefficient (Wildman–Crippen LogP) is 2.49. The second-order valence-electron chi connectivity index (χ2n) is 6.86. The Morgan fingerprint density at radius 2 is 2.03 bits per heavy atom. The maximum atomic E-state index is 14.9. The molecule has 0 saturated carbocycles. The van der Waals surface area contributed by atoms with Gasteiger partial charge in [-0.2, -0.15) is 0 Å². The van der Waals surface area contributed by atoms with Gasteiger partial charge in [-0.3, -0.25) is 9.69 Å². The van der Waals surface area contributed by atoms with Crippen molar-refractivity contribution in [3.8, 4) is 5.69 Å². The molecule has 0 aliphatic carbocycles. The van der Waals surface area contributed by atoms with Crippen LogP contribution in [-0.2, 0) is 9.53 Å². The average molecular weight is 399 g/mol. The molecular formula is C20H18FN3O5. The molecule has 1 atom stereocenters. The maximum Gasteiger partial charge on any atom is 0.424 e. The Morgan fingerprint density at radius 3 is 2.76 bits per heavy atom. The van der Waals surface area contributed by atoms with E-state index in [1.807, 2.05) is 6.92 Å². The minimum Gasteiger partial charge on any atom is -0.442 e. The van der Waals surface area contributed by atoms with E-state index in [1.165, 1.54) is 24.0 Å². The number of benzene rings is 2. The van der Waals surface area contributed by atoms with Gasteiger partial charge >= 0.3 is 11.8 Å². The van der Waals surface area contributed by atoms with Crippen LogP contribution in [0, 0.1) is 12.7 Å². The fourth-order valence-electron chi connectivity index (χ4n) is 3.30. The molecule has 0 spiro atoms. The van der Waals surface area contributed by atoms with Gasteiger partial charge in [-0.15, -0.1) is 0 Å². The number of fused-ring (bicyclic) bond motifs is 1. The van der Waals surface area contributed by atoms with E-state index in [0.29, 0.717) is 16.8 Å². The van der Waals surface area contributed by atoms with Crippen LogP contribution in [0.1, 0.15) is 12.5 Å². The van der Waals surface area contributed by atoms with Crippen molar-refractivity contribution in [1.29, 1.82) is 0 Å². The number of amides is 2. The van der Waals surface area contributed by atoms with Crippen molar-refractivity contribution < 1.29 is 23.1 Å². The highest BCUT2D eigenvalue weighted by atomic mass is 19.1. The number of nitrogens with zero attached hydrogens (tertiary/aromatic N) is 2. The van der Waals surface area contributed by atoms with E-state index in [-0.39, 0.29) is 24.7 Å². The first-order valence-corrected chi connectivity index (χ1v) is 8.98. The molecule has 0 bridgehead atoms. The van der Waals surface area contributed by atoms with Gasteiger partial charge < -0.3 is 14.5 Å². The van der Waals surface area contributed by atoms with Crippen LogP contribution in [0.3, 0.4) is 0 Å². The van der Waals surface area contributed by atoms with Gasteiger partial charge in [0.05, 0.1) is 30.0 Å². The monoisotopic (exact) mass is 399 g/mol. The lowest BCUT2D eigenvalue weighted by Gasteiger charge is -2.14.